The largest absolute Gasteiger partial charge is 0.381 e. The highest BCUT2D eigenvalue weighted by molar-refractivity contribution is 5.75. The van der Waals surface area contributed by atoms with E-state index in [0.29, 0.717) is 5.92 Å². The number of nitrogens with zero attached hydrogens (tertiary/aromatic N) is 1. The molecule has 1 aliphatic rings. The average molecular weight is 233 g/mol. The molecule has 0 bridgehead atoms. The van der Waals surface area contributed by atoms with E-state index in [2.05, 4.69) is 11.9 Å². The molecule has 92 valence electrons. The van der Waals surface area contributed by atoms with E-state index in [1.54, 1.807) is 0 Å². The first kappa shape index (κ1) is 12.1. The van der Waals surface area contributed by atoms with Gasteiger partial charge in [0.1, 0.15) is 6.29 Å². The standard InChI is InChI=1S/C14H19NO2/c1-15(9-13-3-2-8-17-11-13)14-6-4-12(10-16)5-7-14/h4-7,10,13H,2-3,8-9,11H2,1H3. The van der Waals surface area contributed by atoms with Crippen molar-refractivity contribution >= 4 is 12.0 Å². The third kappa shape index (κ3) is 3.30. The quantitative estimate of drug-likeness (QED) is 0.748. The van der Waals surface area contributed by atoms with Crippen LogP contribution in [0.25, 0.3) is 0 Å². The molecule has 0 N–H and O–H groups in total. The number of hydrogen-bond donors (Lipinski definition) is 0. The first-order valence-corrected chi connectivity index (χ1v) is 6.13. The summed E-state index contributed by atoms with van der Waals surface area (Å²) in [6.45, 7) is 2.80. The van der Waals surface area contributed by atoms with Crippen molar-refractivity contribution in [3.05, 3.63) is 29.8 Å². The van der Waals surface area contributed by atoms with E-state index in [9.17, 15) is 4.79 Å². The van der Waals surface area contributed by atoms with Crippen LogP contribution in [0.5, 0.6) is 0 Å². The van der Waals surface area contributed by atoms with E-state index in [-0.39, 0.29) is 0 Å². The Bertz CT molecular complexity index is 355. The lowest BCUT2D eigenvalue weighted by Crippen LogP contribution is -2.30. The Morgan fingerprint density at radius 3 is 2.76 bits per heavy atom. The van der Waals surface area contributed by atoms with Gasteiger partial charge < -0.3 is 9.64 Å². The first-order valence-electron chi connectivity index (χ1n) is 6.13. The van der Waals surface area contributed by atoms with Gasteiger partial charge in [0.25, 0.3) is 0 Å². The van der Waals surface area contributed by atoms with Gasteiger partial charge in [-0.3, -0.25) is 4.79 Å². The van der Waals surface area contributed by atoms with Crippen LogP contribution in [0, 0.1) is 5.92 Å². The monoisotopic (exact) mass is 233 g/mol. The number of carbonyl (C=O) groups is 1. The van der Waals surface area contributed by atoms with Crippen LogP contribution in [0.2, 0.25) is 0 Å². The number of ether oxygens (including phenoxy) is 1. The molecule has 1 unspecified atom stereocenters. The normalized spacial score (nSPS) is 19.9. The fourth-order valence-electron chi connectivity index (χ4n) is 2.25. The smallest absolute Gasteiger partial charge is 0.150 e. The summed E-state index contributed by atoms with van der Waals surface area (Å²) >= 11 is 0. The maximum absolute atomic E-state index is 10.6. The van der Waals surface area contributed by atoms with Crippen LogP contribution in [0.4, 0.5) is 5.69 Å². The number of carbonyl (C=O) groups excluding carboxylic acids is 1. The molecule has 3 nitrogen and oxygen atoms in total. The number of aldehydes is 1. The molecular formula is C14H19NO2. The first-order chi connectivity index (χ1) is 8.29. The van der Waals surface area contributed by atoms with Crippen molar-refractivity contribution in [2.75, 3.05) is 31.7 Å². The molecule has 17 heavy (non-hydrogen) atoms. The van der Waals surface area contributed by atoms with Crippen LogP contribution >= 0.6 is 0 Å². The topological polar surface area (TPSA) is 29.5 Å². The van der Waals surface area contributed by atoms with Crippen LogP contribution in [0.3, 0.4) is 0 Å². The van der Waals surface area contributed by atoms with Crippen LogP contribution in [-0.2, 0) is 4.74 Å². The minimum Gasteiger partial charge on any atom is -0.381 e. The van der Waals surface area contributed by atoms with Gasteiger partial charge in [-0.1, -0.05) is 0 Å². The van der Waals surface area contributed by atoms with Gasteiger partial charge in [0.05, 0.1) is 6.61 Å². The molecule has 0 spiro atoms. The van der Waals surface area contributed by atoms with E-state index in [0.717, 1.165) is 37.3 Å². The van der Waals surface area contributed by atoms with E-state index in [4.69, 9.17) is 4.74 Å². The van der Waals surface area contributed by atoms with Crippen molar-refractivity contribution in [1.29, 1.82) is 0 Å². The van der Waals surface area contributed by atoms with Gasteiger partial charge in [0.2, 0.25) is 0 Å². The molecule has 0 saturated carbocycles. The lowest BCUT2D eigenvalue weighted by atomic mass is 10.0. The van der Waals surface area contributed by atoms with E-state index < -0.39 is 0 Å². The van der Waals surface area contributed by atoms with Crippen LogP contribution in [-0.4, -0.2) is 33.1 Å². The number of hydrogen-bond acceptors (Lipinski definition) is 3. The zero-order valence-corrected chi connectivity index (χ0v) is 10.3. The van der Waals surface area contributed by atoms with Gasteiger partial charge in [0.15, 0.2) is 0 Å². The molecule has 0 aromatic heterocycles. The molecule has 1 aromatic carbocycles. The average Bonchev–Trinajstić information content (AvgIpc) is 2.40. The zero-order chi connectivity index (χ0) is 12.1. The van der Waals surface area contributed by atoms with Gasteiger partial charge in [-0.05, 0) is 43.0 Å². The van der Waals surface area contributed by atoms with E-state index >= 15 is 0 Å². The van der Waals surface area contributed by atoms with Gasteiger partial charge in [-0.2, -0.15) is 0 Å². The van der Waals surface area contributed by atoms with E-state index in [1.807, 2.05) is 24.3 Å². The Morgan fingerprint density at radius 2 is 2.18 bits per heavy atom. The van der Waals surface area contributed by atoms with Gasteiger partial charge in [-0.25, -0.2) is 0 Å². The second kappa shape index (κ2) is 5.82. The Kier molecular flexibility index (Phi) is 4.15. The van der Waals surface area contributed by atoms with Crippen molar-refractivity contribution in [3.63, 3.8) is 0 Å². The van der Waals surface area contributed by atoms with Crippen molar-refractivity contribution in [1.82, 2.24) is 0 Å². The van der Waals surface area contributed by atoms with E-state index in [1.165, 1.54) is 12.8 Å². The summed E-state index contributed by atoms with van der Waals surface area (Å²) in [6.07, 6.45) is 3.29. The van der Waals surface area contributed by atoms with Crippen molar-refractivity contribution < 1.29 is 9.53 Å². The fourth-order valence-corrected chi connectivity index (χ4v) is 2.25. The number of benzene rings is 1. The molecule has 2 rings (SSSR count). The summed E-state index contributed by atoms with van der Waals surface area (Å²) in [6, 6.07) is 7.70. The second-order valence-electron chi connectivity index (χ2n) is 4.67. The Morgan fingerprint density at radius 1 is 1.41 bits per heavy atom. The SMILES string of the molecule is CN(CC1CCCOC1)c1ccc(C=O)cc1. The lowest BCUT2D eigenvalue weighted by molar-refractivity contribution is 0.0576. The minimum atomic E-state index is 0.625. The molecule has 1 atom stereocenters. The maximum Gasteiger partial charge on any atom is 0.150 e. The number of rotatable bonds is 4. The Balaban J connectivity index is 1.93. The number of anilines is 1. The predicted molar refractivity (Wildman–Crippen MR) is 68.6 cm³/mol. The van der Waals surface area contributed by atoms with Crippen LogP contribution < -0.4 is 4.90 Å². The van der Waals surface area contributed by atoms with Gasteiger partial charge in [-0.15, -0.1) is 0 Å². The molecule has 1 aromatic rings. The fraction of sp³-hybridized carbons (Fsp3) is 0.500. The van der Waals surface area contributed by atoms with Gasteiger partial charge in [0, 0.05) is 31.5 Å². The predicted octanol–water partition coefficient (Wildman–Crippen LogP) is 2.36. The minimum absolute atomic E-state index is 0.625. The molecule has 1 fully saturated rings. The van der Waals surface area contributed by atoms with Gasteiger partial charge >= 0.3 is 0 Å². The summed E-state index contributed by atoms with van der Waals surface area (Å²) in [5.41, 5.74) is 1.88. The molecule has 1 aliphatic heterocycles. The molecule has 3 heteroatoms. The summed E-state index contributed by atoms with van der Waals surface area (Å²) in [4.78, 5) is 12.8. The summed E-state index contributed by atoms with van der Waals surface area (Å²) in [7, 11) is 2.09. The summed E-state index contributed by atoms with van der Waals surface area (Å²) < 4.78 is 5.48. The molecule has 0 radical (unpaired) electrons. The maximum atomic E-state index is 10.6. The molecular weight excluding hydrogens is 214 g/mol. The second-order valence-corrected chi connectivity index (χ2v) is 4.67. The third-order valence-electron chi connectivity index (χ3n) is 3.26. The summed E-state index contributed by atoms with van der Waals surface area (Å²) in [5, 5.41) is 0. The highest BCUT2D eigenvalue weighted by Crippen LogP contribution is 2.19. The Hall–Kier alpha value is -1.35. The third-order valence-corrected chi connectivity index (χ3v) is 3.26. The highest BCUT2D eigenvalue weighted by Gasteiger charge is 2.15. The van der Waals surface area contributed by atoms with Crippen LogP contribution in [0.15, 0.2) is 24.3 Å². The van der Waals surface area contributed by atoms with Crippen molar-refractivity contribution in [2.24, 2.45) is 5.92 Å². The highest BCUT2D eigenvalue weighted by atomic mass is 16.5. The zero-order valence-electron chi connectivity index (χ0n) is 10.3. The van der Waals surface area contributed by atoms with Crippen LogP contribution in [0.1, 0.15) is 23.2 Å². The molecule has 0 amide bonds. The molecule has 1 saturated heterocycles. The Labute approximate surface area is 102 Å². The lowest BCUT2D eigenvalue weighted by Gasteiger charge is -2.28. The molecule has 1 heterocycles. The van der Waals surface area contributed by atoms with Crippen molar-refractivity contribution in [2.45, 2.75) is 12.8 Å². The van der Waals surface area contributed by atoms with Crippen molar-refractivity contribution in [3.8, 4) is 0 Å². The molecule has 0 aliphatic carbocycles. The summed E-state index contributed by atoms with van der Waals surface area (Å²) in [5.74, 6) is 0.625.